The molecule has 10 heteroatoms. The molecule has 3 aromatic rings. The lowest BCUT2D eigenvalue weighted by molar-refractivity contribution is -0.172. The van der Waals surface area contributed by atoms with E-state index in [9.17, 15) is 19.9 Å². The van der Waals surface area contributed by atoms with Gasteiger partial charge < -0.3 is 15.7 Å². The molecule has 0 amide bonds. The molecular weight excluding hydrogens is 424 g/mol. The molecule has 4 N–H and O–H groups in total. The van der Waals surface area contributed by atoms with Crippen molar-refractivity contribution in [2.45, 2.75) is 19.4 Å². The van der Waals surface area contributed by atoms with Crippen LogP contribution < -0.4 is 26.7 Å². The molecule has 9 nitrogen and oxygen atoms in total. The highest BCUT2D eigenvalue weighted by Crippen LogP contribution is 2.42. The molecule has 0 aliphatic rings. The molecule has 0 saturated heterocycles. The average molecular weight is 447 g/mol. The maximum absolute atomic E-state index is 12.2. The number of halogens is 1. The number of hydrazine groups is 1. The van der Waals surface area contributed by atoms with Crippen LogP contribution in [0, 0.1) is 0 Å². The smallest absolute Gasteiger partial charge is 0.253 e. The predicted octanol–water partition coefficient (Wildman–Crippen LogP) is 3.34. The van der Waals surface area contributed by atoms with Crippen LogP contribution in [0.2, 0.25) is 5.02 Å². The van der Waals surface area contributed by atoms with Gasteiger partial charge in [-0.2, -0.15) is 5.17 Å². The minimum absolute atomic E-state index is 0.00200. The first-order chi connectivity index (χ1) is 14.6. The van der Waals surface area contributed by atoms with Gasteiger partial charge in [-0.3, -0.25) is 19.6 Å². The molecular formula is C21H23ClN4O5. The fraction of sp³-hybridized carbons (Fsp3) is 0.238. The zero-order valence-electron chi connectivity index (χ0n) is 17.4. The highest BCUT2D eigenvalue weighted by molar-refractivity contribution is 6.33. The Labute approximate surface area is 183 Å². The summed E-state index contributed by atoms with van der Waals surface area (Å²) in [6, 6.07) is 12.3. The molecule has 3 rings (SSSR count). The van der Waals surface area contributed by atoms with Crippen molar-refractivity contribution >= 4 is 34.4 Å². The minimum atomic E-state index is -0.725. The summed E-state index contributed by atoms with van der Waals surface area (Å²) in [5.74, 6) is -0.444. The number of nitrogens with one attached hydrogen (secondary N) is 2. The minimum Gasteiger partial charge on any atom is -0.504 e. The largest absolute Gasteiger partial charge is 0.504 e. The van der Waals surface area contributed by atoms with Gasteiger partial charge in [0.15, 0.2) is 5.75 Å². The van der Waals surface area contributed by atoms with Crippen molar-refractivity contribution in [2.24, 2.45) is 0 Å². The van der Waals surface area contributed by atoms with Crippen LogP contribution in [-0.2, 0) is 10.4 Å². The van der Waals surface area contributed by atoms with Gasteiger partial charge in [0.05, 0.1) is 23.4 Å². The lowest BCUT2D eigenvalue weighted by Gasteiger charge is -2.30. The number of hydroxylamine groups is 1. The first-order valence-electron chi connectivity index (χ1n) is 9.30. The van der Waals surface area contributed by atoms with E-state index >= 15 is 0 Å². The van der Waals surface area contributed by atoms with E-state index in [2.05, 4.69) is 10.6 Å². The average Bonchev–Trinajstić information content (AvgIpc) is 2.77. The Morgan fingerprint density at radius 1 is 1.03 bits per heavy atom. The van der Waals surface area contributed by atoms with Crippen molar-refractivity contribution in [1.29, 1.82) is 0 Å². The molecule has 0 atom stereocenters. The number of benzene rings is 2. The van der Waals surface area contributed by atoms with Gasteiger partial charge in [0.2, 0.25) is 0 Å². The van der Waals surface area contributed by atoms with Gasteiger partial charge in [-0.05, 0) is 31.5 Å². The summed E-state index contributed by atoms with van der Waals surface area (Å²) in [6.45, 7) is 3.76. The second-order valence-electron chi connectivity index (χ2n) is 7.38. The van der Waals surface area contributed by atoms with Crippen molar-refractivity contribution < 1.29 is 15.2 Å². The van der Waals surface area contributed by atoms with Crippen LogP contribution in [0.4, 0.5) is 22.7 Å². The fourth-order valence-electron chi connectivity index (χ4n) is 3.07. The fourth-order valence-corrected chi connectivity index (χ4v) is 3.30. The van der Waals surface area contributed by atoms with Gasteiger partial charge in [0, 0.05) is 7.05 Å². The summed E-state index contributed by atoms with van der Waals surface area (Å²) in [6.07, 6.45) is 0. The van der Waals surface area contributed by atoms with Crippen LogP contribution in [0.5, 0.6) is 5.75 Å². The summed E-state index contributed by atoms with van der Waals surface area (Å²) in [5.41, 5.74) is -1.11. The van der Waals surface area contributed by atoms with E-state index in [1.807, 2.05) is 44.2 Å². The van der Waals surface area contributed by atoms with E-state index in [0.717, 1.165) is 10.7 Å². The van der Waals surface area contributed by atoms with Gasteiger partial charge in [0.1, 0.15) is 17.1 Å². The summed E-state index contributed by atoms with van der Waals surface area (Å²) >= 11 is 6.10. The van der Waals surface area contributed by atoms with E-state index in [1.165, 1.54) is 26.3 Å². The topological polar surface area (TPSA) is 114 Å². The second kappa shape index (κ2) is 8.56. The molecule has 0 aliphatic carbocycles. The number of hydrogen-bond acceptors (Lipinski definition) is 9. The lowest BCUT2D eigenvalue weighted by Crippen LogP contribution is -2.41. The maximum Gasteiger partial charge on any atom is 0.253 e. The highest BCUT2D eigenvalue weighted by atomic mass is 35.5. The van der Waals surface area contributed by atoms with Crippen molar-refractivity contribution in [1.82, 2.24) is 5.17 Å². The number of phenols is 1. The van der Waals surface area contributed by atoms with Gasteiger partial charge in [-0.1, -0.05) is 47.1 Å². The molecule has 0 heterocycles. The van der Waals surface area contributed by atoms with Crippen LogP contribution >= 0.6 is 11.6 Å². The van der Waals surface area contributed by atoms with E-state index in [4.69, 9.17) is 16.4 Å². The molecule has 0 spiro atoms. The number of aromatic hydroxyl groups is 1. The summed E-state index contributed by atoms with van der Waals surface area (Å²) in [7, 11) is 2.70. The third-order valence-corrected chi connectivity index (χ3v) is 5.24. The number of phenolic OH excluding ortho intramolecular Hbond substituents is 1. The van der Waals surface area contributed by atoms with Gasteiger partial charge in [-0.25, -0.2) is 0 Å². The van der Waals surface area contributed by atoms with E-state index in [0.29, 0.717) is 5.17 Å². The Morgan fingerprint density at radius 3 is 2.26 bits per heavy atom. The maximum atomic E-state index is 12.2. The molecule has 0 aromatic heterocycles. The quantitative estimate of drug-likeness (QED) is 0.235. The Morgan fingerprint density at radius 2 is 1.65 bits per heavy atom. The zero-order chi connectivity index (χ0) is 22.9. The third kappa shape index (κ3) is 4.21. The standard InChI is InChI=1S/C21H23ClN4O5/c1-21(2,12-8-6-5-7-9-12)24-16-15(19(28)20(16)29)23-14-11-10-13(22)17(18(14)27)26(30)25(3)31-4/h5-11,23-24,27,30H,1-4H3. The number of hydrogen-bond donors (Lipinski definition) is 4. The van der Waals surface area contributed by atoms with Crippen molar-refractivity contribution in [3.8, 4) is 5.75 Å². The van der Waals surface area contributed by atoms with Crippen LogP contribution in [-0.4, -0.2) is 29.6 Å². The zero-order valence-corrected chi connectivity index (χ0v) is 18.2. The Bertz CT molecular complexity index is 1160. The van der Waals surface area contributed by atoms with E-state index < -0.39 is 22.1 Å². The van der Waals surface area contributed by atoms with Crippen LogP contribution in [0.3, 0.4) is 0 Å². The molecule has 164 valence electrons. The van der Waals surface area contributed by atoms with E-state index in [1.54, 1.807) is 0 Å². The second-order valence-corrected chi connectivity index (χ2v) is 7.78. The Hall–Kier alpha value is -3.11. The third-order valence-electron chi connectivity index (χ3n) is 4.94. The molecule has 0 aliphatic heterocycles. The van der Waals surface area contributed by atoms with Crippen LogP contribution in [0.25, 0.3) is 0 Å². The van der Waals surface area contributed by atoms with Crippen LogP contribution in [0.15, 0.2) is 52.1 Å². The van der Waals surface area contributed by atoms with Crippen molar-refractivity contribution in [3.05, 3.63) is 73.5 Å². The molecule has 3 aromatic carbocycles. The molecule has 0 unspecified atom stereocenters. The SMILES string of the molecule is CON(C)N(O)c1c(Cl)ccc(Nc2c(NC(C)(C)c3ccccc3)c(=O)c2=O)c1O. The molecule has 0 saturated carbocycles. The van der Waals surface area contributed by atoms with Crippen molar-refractivity contribution in [3.63, 3.8) is 0 Å². The number of rotatable bonds is 8. The number of nitrogens with zero attached hydrogens (tertiary/aromatic N) is 2. The first kappa shape index (κ1) is 22.6. The van der Waals surface area contributed by atoms with Gasteiger partial charge >= 0.3 is 0 Å². The summed E-state index contributed by atoms with van der Waals surface area (Å²) in [5, 5.41) is 28.2. The van der Waals surface area contributed by atoms with E-state index in [-0.39, 0.29) is 27.8 Å². The monoisotopic (exact) mass is 446 g/mol. The Kier molecular flexibility index (Phi) is 6.23. The molecule has 31 heavy (non-hydrogen) atoms. The normalized spacial score (nSPS) is 11.7. The van der Waals surface area contributed by atoms with Gasteiger partial charge in [0.25, 0.3) is 10.9 Å². The highest BCUT2D eigenvalue weighted by Gasteiger charge is 2.29. The lowest BCUT2D eigenvalue weighted by atomic mass is 9.93. The molecule has 0 bridgehead atoms. The molecule has 0 fully saturated rings. The summed E-state index contributed by atoms with van der Waals surface area (Å²) in [4.78, 5) is 29.4. The Balaban J connectivity index is 1.95. The van der Waals surface area contributed by atoms with Crippen molar-refractivity contribution in [2.75, 3.05) is 30.0 Å². The van der Waals surface area contributed by atoms with Gasteiger partial charge in [-0.15, -0.1) is 0 Å². The predicted molar refractivity (Wildman–Crippen MR) is 120 cm³/mol. The van der Waals surface area contributed by atoms with Crippen LogP contribution in [0.1, 0.15) is 19.4 Å². The molecule has 0 radical (unpaired) electrons. The first-order valence-corrected chi connectivity index (χ1v) is 9.68. The summed E-state index contributed by atoms with van der Waals surface area (Å²) < 4.78 is 0. The number of anilines is 4.